The molecule has 0 saturated carbocycles. The van der Waals surface area contributed by atoms with Crippen molar-refractivity contribution in [2.75, 3.05) is 0 Å². The van der Waals surface area contributed by atoms with Crippen LogP contribution in [0.4, 0.5) is 0 Å². The van der Waals surface area contributed by atoms with Crippen molar-refractivity contribution in [1.82, 2.24) is 0 Å². The van der Waals surface area contributed by atoms with Crippen LogP contribution in [0.15, 0.2) is 243 Å². The Hall–Kier alpha value is -7.80. The Morgan fingerprint density at radius 2 is 0.567 bits per heavy atom. The third kappa shape index (κ3) is 6.36. The molecule has 0 aliphatic carbocycles. The highest BCUT2D eigenvalue weighted by atomic mass is 14.2. The van der Waals surface area contributed by atoms with Gasteiger partial charge in [-0.15, -0.1) is 0 Å². The van der Waals surface area contributed by atoms with Gasteiger partial charge in [0, 0.05) is 0 Å². The Morgan fingerprint density at radius 1 is 0.167 bits per heavy atom. The van der Waals surface area contributed by atoms with E-state index < -0.39 is 0 Å². The van der Waals surface area contributed by atoms with Crippen molar-refractivity contribution in [2.45, 2.75) is 0 Å². The van der Waals surface area contributed by atoms with E-state index in [9.17, 15) is 0 Å². The van der Waals surface area contributed by atoms with Crippen LogP contribution in [0, 0.1) is 0 Å². The van der Waals surface area contributed by atoms with Crippen LogP contribution in [0.5, 0.6) is 0 Å². The van der Waals surface area contributed by atoms with E-state index in [1.54, 1.807) is 0 Å². The van der Waals surface area contributed by atoms with Gasteiger partial charge in [-0.2, -0.15) is 0 Å². The average Bonchev–Trinajstić information content (AvgIpc) is 3.33. The molecule has 280 valence electrons. The molecule has 0 heterocycles. The van der Waals surface area contributed by atoms with Crippen LogP contribution in [0.2, 0.25) is 0 Å². The van der Waals surface area contributed by atoms with Crippen LogP contribution >= 0.6 is 0 Å². The van der Waals surface area contributed by atoms with Gasteiger partial charge in [-0.05, 0) is 141 Å². The lowest BCUT2D eigenvalue weighted by atomic mass is 9.82. The molecule has 11 aromatic rings. The molecule has 0 radical (unpaired) electrons. The normalized spacial score (nSPS) is 11.3. The molecule has 0 heteroatoms. The monoisotopic (exact) mass is 760 g/mol. The molecule has 0 bridgehead atoms. The maximum absolute atomic E-state index is 2.45. The van der Waals surface area contributed by atoms with Crippen molar-refractivity contribution in [1.29, 1.82) is 0 Å². The van der Waals surface area contributed by atoms with Gasteiger partial charge in [0.25, 0.3) is 0 Å². The van der Waals surface area contributed by atoms with Crippen molar-refractivity contribution >= 4 is 32.3 Å². The summed E-state index contributed by atoms with van der Waals surface area (Å²) in [5.41, 5.74) is 16.9. The molecular weight excluding hydrogens is 721 g/mol. The van der Waals surface area contributed by atoms with Gasteiger partial charge in [-0.25, -0.2) is 0 Å². The fraction of sp³-hybridized carbons (Fsp3) is 0. The molecule has 0 aliphatic heterocycles. The summed E-state index contributed by atoms with van der Waals surface area (Å²) >= 11 is 0. The first kappa shape index (κ1) is 35.4. The Bertz CT molecular complexity index is 3220. The third-order valence-corrected chi connectivity index (χ3v) is 12.0. The van der Waals surface area contributed by atoms with E-state index in [1.165, 1.54) is 110 Å². The maximum Gasteiger partial charge on any atom is -0.00199 e. The molecule has 0 spiro atoms. The lowest BCUT2D eigenvalue weighted by Crippen LogP contribution is -1.94. The molecule has 0 unspecified atom stereocenters. The Kier molecular flexibility index (Phi) is 8.95. The average molecular weight is 761 g/mol. The van der Waals surface area contributed by atoms with Crippen LogP contribution in [0.3, 0.4) is 0 Å². The van der Waals surface area contributed by atoms with Gasteiger partial charge in [0.1, 0.15) is 0 Å². The van der Waals surface area contributed by atoms with E-state index in [4.69, 9.17) is 0 Å². The highest BCUT2D eigenvalue weighted by Crippen LogP contribution is 2.48. The van der Waals surface area contributed by atoms with Gasteiger partial charge in [0.15, 0.2) is 0 Å². The summed E-state index contributed by atoms with van der Waals surface area (Å²) in [6, 6.07) is 88.9. The standard InChI is InChI=1S/C60H40/c1-4-18-41(19-5-1)48-37-49(42-20-6-2-7-21-42)39-50(38-48)45-34-35-53(47-27-16-26-46(36-47)52-33-17-25-43-22-10-11-28-51(43)52)58(40-45)60-56-31-14-12-29-54(56)59(44-23-8-3-9-24-44)55-30-13-15-32-57(55)60/h1-40H. The van der Waals surface area contributed by atoms with E-state index in [1.807, 2.05) is 0 Å². The summed E-state index contributed by atoms with van der Waals surface area (Å²) in [5, 5.41) is 7.47. The summed E-state index contributed by atoms with van der Waals surface area (Å²) in [7, 11) is 0. The first-order chi connectivity index (χ1) is 29.8. The Labute approximate surface area is 351 Å². The number of hydrogen-bond acceptors (Lipinski definition) is 0. The van der Waals surface area contributed by atoms with Crippen LogP contribution in [0.1, 0.15) is 0 Å². The summed E-state index contributed by atoms with van der Waals surface area (Å²) in [6.45, 7) is 0. The van der Waals surface area contributed by atoms with Crippen LogP contribution < -0.4 is 0 Å². The smallest absolute Gasteiger partial charge is 0.00199 e. The van der Waals surface area contributed by atoms with Gasteiger partial charge in [-0.1, -0.05) is 212 Å². The summed E-state index contributed by atoms with van der Waals surface area (Å²) in [5.74, 6) is 0. The zero-order valence-electron chi connectivity index (χ0n) is 33.1. The van der Waals surface area contributed by atoms with Crippen LogP contribution in [-0.4, -0.2) is 0 Å². The fourth-order valence-corrected chi connectivity index (χ4v) is 9.24. The number of rotatable bonds is 7. The molecule has 0 amide bonds. The molecule has 0 nitrogen and oxygen atoms in total. The van der Waals surface area contributed by atoms with Crippen LogP contribution in [0.25, 0.3) is 110 Å². The topological polar surface area (TPSA) is 0 Å². The molecule has 0 aromatic heterocycles. The molecule has 11 rings (SSSR count). The first-order valence-electron chi connectivity index (χ1n) is 20.7. The van der Waals surface area contributed by atoms with Crippen molar-refractivity contribution in [3.05, 3.63) is 243 Å². The number of fused-ring (bicyclic) bond motifs is 3. The molecule has 0 aliphatic rings. The minimum Gasteiger partial charge on any atom is -0.0622 e. The van der Waals surface area contributed by atoms with E-state index in [0.29, 0.717) is 0 Å². The van der Waals surface area contributed by atoms with Crippen molar-refractivity contribution in [2.24, 2.45) is 0 Å². The third-order valence-electron chi connectivity index (χ3n) is 12.0. The van der Waals surface area contributed by atoms with Crippen molar-refractivity contribution < 1.29 is 0 Å². The predicted octanol–water partition coefficient (Wildman–Crippen LogP) is 16.8. The Balaban J connectivity index is 1.20. The quantitative estimate of drug-likeness (QED) is 0.142. The first-order valence-corrected chi connectivity index (χ1v) is 20.7. The lowest BCUT2D eigenvalue weighted by Gasteiger charge is -2.21. The SMILES string of the molecule is c1ccc(-c2cc(-c3ccccc3)cc(-c3ccc(-c4cccc(-c5cccc6ccccc56)c4)c(-c4c5ccccc5c(-c5ccccc5)c5ccccc45)c3)c2)cc1. The molecule has 0 saturated heterocycles. The zero-order chi connectivity index (χ0) is 39.8. The van der Waals surface area contributed by atoms with E-state index in [-0.39, 0.29) is 0 Å². The molecule has 11 aromatic carbocycles. The van der Waals surface area contributed by atoms with E-state index in [2.05, 4.69) is 243 Å². The highest BCUT2D eigenvalue weighted by Gasteiger charge is 2.20. The highest BCUT2D eigenvalue weighted by molar-refractivity contribution is 6.22. The maximum atomic E-state index is 2.45. The predicted molar refractivity (Wildman–Crippen MR) is 257 cm³/mol. The molecule has 60 heavy (non-hydrogen) atoms. The molecule has 0 atom stereocenters. The van der Waals surface area contributed by atoms with E-state index in [0.717, 1.165) is 0 Å². The number of benzene rings is 11. The summed E-state index contributed by atoms with van der Waals surface area (Å²) < 4.78 is 0. The summed E-state index contributed by atoms with van der Waals surface area (Å²) in [4.78, 5) is 0. The Morgan fingerprint density at radius 3 is 1.15 bits per heavy atom. The molecule has 0 N–H and O–H groups in total. The largest absolute Gasteiger partial charge is 0.0622 e. The second kappa shape index (κ2) is 15.2. The molecule has 0 fully saturated rings. The van der Waals surface area contributed by atoms with Gasteiger partial charge in [-0.3, -0.25) is 0 Å². The van der Waals surface area contributed by atoms with Gasteiger partial charge < -0.3 is 0 Å². The zero-order valence-corrected chi connectivity index (χ0v) is 33.1. The fourth-order valence-electron chi connectivity index (χ4n) is 9.24. The number of hydrogen-bond donors (Lipinski definition) is 0. The minimum atomic E-state index is 1.18. The summed E-state index contributed by atoms with van der Waals surface area (Å²) in [6.07, 6.45) is 0. The van der Waals surface area contributed by atoms with Crippen molar-refractivity contribution in [3.8, 4) is 77.9 Å². The lowest BCUT2D eigenvalue weighted by molar-refractivity contribution is 1.55. The van der Waals surface area contributed by atoms with E-state index >= 15 is 0 Å². The minimum absolute atomic E-state index is 1.18. The van der Waals surface area contributed by atoms with Gasteiger partial charge in [0.2, 0.25) is 0 Å². The van der Waals surface area contributed by atoms with Crippen LogP contribution in [-0.2, 0) is 0 Å². The van der Waals surface area contributed by atoms with Crippen molar-refractivity contribution in [3.63, 3.8) is 0 Å². The second-order valence-corrected chi connectivity index (χ2v) is 15.6. The molecular formula is C60H40. The van der Waals surface area contributed by atoms with Gasteiger partial charge >= 0.3 is 0 Å². The van der Waals surface area contributed by atoms with Gasteiger partial charge in [0.05, 0.1) is 0 Å². The second-order valence-electron chi connectivity index (χ2n) is 15.6.